The average Bonchev–Trinajstić information content (AvgIpc) is 3.42. The lowest BCUT2D eigenvalue weighted by molar-refractivity contribution is -0.136. The van der Waals surface area contributed by atoms with Gasteiger partial charge >= 0.3 is 0 Å². The summed E-state index contributed by atoms with van der Waals surface area (Å²) in [4.78, 5) is 39.0. The molecule has 0 aromatic heterocycles. The lowest BCUT2D eigenvalue weighted by Gasteiger charge is -2.40. The highest BCUT2D eigenvalue weighted by Gasteiger charge is 2.43. The van der Waals surface area contributed by atoms with Gasteiger partial charge in [0.05, 0.1) is 0 Å². The maximum atomic E-state index is 13.4. The molecule has 3 atom stereocenters. The van der Waals surface area contributed by atoms with Crippen molar-refractivity contribution in [2.75, 3.05) is 13.1 Å². The summed E-state index contributed by atoms with van der Waals surface area (Å²) < 4.78 is 6.43. The van der Waals surface area contributed by atoms with Crippen molar-refractivity contribution in [3.8, 4) is 5.75 Å². The van der Waals surface area contributed by atoms with Crippen LogP contribution < -0.4 is 20.7 Å². The Hall–Kier alpha value is -3.23. The van der Waals surface area contributed by atoms with Crippen LogP contribution in [0, 0.1) is 0 Å². The number of ether oxygens (including phenoxy) is 1. The fourth-order valence-corrected chi connectivity index (χ4v) is 5.85. The molecule has 2 fully saturated rings. The van der Waals surface area contributed by atoms with Gasteiger partial charge in [-0.2, -0.15) is 0 Å². The van der Waals surface area contributed by atoms with Crippen LogP contribution in [-0.4, -0.2) is 47.4 Å². The maximum Gasteiger partial charge on any atom is 0.255 e. The number of para-hydroxylation sites is 1. The van der Waals surface area contributed by atoms with E-state index in [-0.39, 0.29) is 35.8 Å². The van der Waals surface area contributed by atoms with E-state index in [0.29, 0.717) is 25.1 Å². The molecule has 3 N–H and O–H groups in total. The zero-order chi connectivity index (χ0) is 23.3. The van der Waals surface area contributed by atoms with Crippen molar-refractivity contribution in [2.45, 2.75) is 56.5 Å². The number of carbonyl (C=O) groups excluding carboxylic acids is 3. The van der Waals surface area contributed by atoms with Gasteiger partial charge in [-0.05, 0) is 30.2 Å². The minimum Gasteiger partial charge on any atom is -0.485 e. The van der Waals surface area contributed by atoms with Crippen LogP contribution in [0.4, 0.5) is 0 Å². The van der Waals surface area contributed by atoms with Gasteiger partial charge in [-0.15, -0.1) is 0 Å². The van der Waals surface area contributed by atoms with Gasteiger partial charge in [-0.1, -0.05) is 36.4 Å². The molecule has 1 spiro atoms. The molecule has 0 radical (unpaired) electrons. The summed E-state index contributed by atoms with van der Waals surface area (Å²) in [5, 5.41) is 9.50. The number of fused-ring (bicyclic) bond motifs is 2. The predicted octanol–water partition coefficient (Wildman–Crippen LogP) is 1.79. The van der Waals surface area contributed by atoms with Crippen molar-refractivity contribution < 1.29 is 19.1 Å². The van der Waals surface area contributed by atoms with E-state index >= 15 is 0 Å². The molecular formula is C26H28N4O4. The topological polar surface area (TPSA) is 99.8 Å². The molecule has 2 saturated heterocycles. The van der Waals surface area contributed by atoms with Gasteiger partial charge in [0.15, 0.2) is 0 Å². The Kier molecular flexibility index (Phi) is 5.15. The summed E-state index contributed by atoms with van der Waals surface area (Å²) in [6.07, 6.45) is 2.46. The molecular weight excluding hydrogens is 432 g/mol. The number of benzene rings is 2. The smallest absolute Gasteiger partial charge is 0.255 e. The van der Waals surface area contributed by atoms with Crippen molar-refractivity contribution in [3.63, 3.8) is 0 Å². The molecule has 2 aromatic carbocycles. The molecule has 4 aliphatic heterocycles. The Bertz CT molecular complexity index is 1170. The second-order valence-corrected chi connectivity index (χ2v) is 9.74. The summed E-state index contributed by atoms with van der Waals surface area (Å²) in [5.74, 6) is 0.132. The van der Waals surface area contributed by atoms with Gasteiger partial charge in [0, 0.05) is 56.1 Å². The van der Waals surface area contributed by atoms with Crippen molar-refractivity contribution >= 4 is 17.7 Å². The van der Waals surface area contributed by atoms with Gasteiger partial charge in [-0.3, -0.25) is 19.7 Å². The van der Waals surface area contributed by atoms with Crippen LogP contribution in [-0.2, 0) is 22.7 Å². The summed E-state index contributed by atoms with van der Waals surface area (Å²) in [6.45, 7) is 2.72. The van der Waals surface area contributed by atoms with E-state index in [1.807, 2.05) is 36.4 Å². The molecule has 8 heteroatoms. The highest BCUT2D eigenvalue weighted by Crippen LogP contribution is 2.42. The predicted molar refractivity (Wildman–Crippen MR) is 124 cm³/mol. The van der Waals surface area contributed by atoms with Crippen molar-refractivity contribution in [2.24, 2.45) is 0 Å². The fourth-order valence-electron chi connectivity index (χ4n) is 5.85. The van der Waals surface area contributed by atoms with Crippen LogP contribution in [0.1, 0.15) is 58.8 Å². The lowest BCUT2D eigenvalue weighted by atomic mass is 9.86. The van der Waals surface area contributed by atoms with Crippen LogP contribution >= 0.6 is 0 Å². The van der Waals surface area contributed by atoms with Gasteiger partial charge in [0.2, 0.25) is 11.8 Å². The number of nitrogens with one attached hydrogen (secondary N) is 3. The van der Waals surface area contributed by atoms with Gasteiger partial charge in [0.1, 0.15) is 17.4 Å². The third kappa shape index (κ3) is 3.58. The number of nitrogens with zero attached hydrogens (tertiary/aromatic N) is 1. The summed E-state index contributed by atoms with van der Waals surface area (Å²) in [7, 11) is 0. The normalized spacial score (nSPS) is 28.0. The molecule has 2 aromatic rings. The van der Waals surface area contributed by atoms with E-state index in [2.05, 4.69) is 22.0 Å². The van der Waals surface area contributed by atoms with Crippen LogP contribution in [0.2, 0.25) is 0 Å². The van der Waals surface area contributed by atoms with E-state index in [0.717, 1.165) is 48.4 Å². The summed E-state index contributed by atoms with van der Waals surface area (Å²) in [6, 6.07) is 13.6. The molecule has 3 amide bonds. The molecule has 4 heterocycles. The molecule has 0 aliphatic carbocycles. The minimum atomic E-state index is -0.601. The first-order valence-corrected chi connectivity index (χ1v) is 12.0. The van der Waals surface area contributed by atoms with Crippen molar-refractivity contribution in [1.82, 2.24) is 20.9 Å². The average molecular weight is 461 g/mol. The highest BCUT2D eigenvalue weighted by atomic mass is 16.5. The second-order valence-electron chi connectivity index (χ2n) is 9.74. The van der Waals surface area contributed by atoms with Crippen LogP contribution in [0.3, 0.4) is 0 Å². The maximum absolute atomic E-state index is 13.4. The molecule has 3 unspecified atom stereocenters. The zero-order valence-corrected chi connectivity index (χ0v) is 18.9. The van der Waals surface area contributed by atoms with Crippen molar-refractivity contribution in [1.29, 1.82) is 0 Å². The Morgan fingerprint density at radius 2 is 2.00 bits per heavy atom. The zero-order valence-electron chi connectivity index (χ0n) is 18.9. The number of hydrogen-bond donors (Lipinski definition) is 3. The van der Waals surface area contributed by atoms with Crippen molar-refractivity contribution in [3.05, 3.63) is 64.7 Å². The third-order valence-electron chi connectivity index (χ3n) is 7.58. The fraction of sp³-hybridized carbons (Fsp3) is 0.423. The Balaban J connectivity index is 1.23. The third-order valence-corrected chi connectivity index (χ3v) is 7.58. The molecule has 8 nitrogen and oxygen atoms in total. The van der Waals surface area contributed by atoms with E-state index < -0.39 is 6.04 Å². The monoisotopic (exact) mass is 460 g/mol. The SMILES string of the molecule is O=C1CCC(N2Cc3cccc(CNC4CC5(CCNC5)Oc5ccccc54)c3C2=O)C(=O)N1. The number of carbonyl (C=O) groups is 3. The van der Waals surface area contributed by atoms with E-state index in [4.69, 9.17) is 4.74 Å². The largest absolute Gasteiger partial charge is 0.485 e. The van der Waals surface area contributed by atoms with Crippen LogP contribution in [0.5, 0.6) is 5.75 Å². The Labute approximate surface area is 198 Å². The number of hydrogen-bond acceptors (Lipinski definition) is 6. The number of piperidine rings is 1. The molecule has 34 heavy (non-hydrogen) atoms. The van der Waals surface area contributed by atoms with E-state index in [9.17, 15) is 14.4 Å². The van der Waals surface area contributed by atoms with E-state index in [1.165, 1.54) is 0 Å². The van der Waals surface area contributed by atoms with Crippen LogP contribution in [0.25, 0.3) is 0 Å². The van der Waals surface area contributed by atoms with Gasteiger partial charge < -0.3 is 20.3 Å². The molecule has 4 aliphatic rings. The Morgan fingerprint density at radius 3 is 2.82 bits per heavy atom. The molecule has 6 rings (SSSR count). The standard InChI is InChI=1S/C26H28N4O4/c31-22-9-8-20(24(32)29-22)30-14-17-5-3-4-16(23(17)25(30)33)13-28-19-12-26(10-11-27-15-26)34-21-7-2-1-6-18(19)21/h1-7,19-20,27-28H,8-15H2,(H,29,31,32). The van der Waals surface area contributed by atoms with Crippen LogP contribution in [0.15, 0.2) is 42.5 Å². The first kappa shape index (κ1) is 21.3. The quantitative estimate of drug-likeness (QED) is 0.602. The number of rotatable bonds is 4. The molecule has 0 saturated carbocycles. The minimum absolute atomic E-state index is 0.114. The first-order valence-electron chi connectivity index (χ1n) is 12.0. The van der Waals surface area contributed by atoms with Gasteiger partial charge in [-0.25, -0.2) is 0 Å². The number of amides is 3. The second kappa shape index (κ2) is 8.21. The Morgan fingerprint density at radius 1 is 1.12 bits per heavy atom. The van der Waals surface area contributed by atoms with Gasteiger partial charge in [0.25, 0.3) is 5.91 Å². The highest BCUT2D eigenvalue weighted by molar-refractivity contribution is 6.06. The van der Waals surface area contributed by atoms with E-state index in [1.54, 1.807) is 4.90 Å². The summed E-state index contributed by atoms with van der Waals surface area (Å²) in [5.41, 5.74) is 3.47. The first-order chi connectivity index (χ1) is 16.5. The number of imide groups is 1. The lowest BCUT2D eigenvalue weighted by Crippen LogP contribution is -2.52. The summed E-state index contributed by atoms with van der Waals surface area (Å²) >= 11 is 0. The molecule has 0 bridgehead atoms. The molecule has 176 valence electrons.